The number of hydrogen-bond acceptors (Lipinski definition) is 4. The maximum atomic E-state index is 4.63. The number of rotatable bonds is 5. The van der Waals surface area contributed by atoms with Crippen molar-refractivity contribution in [3.05, 3.63) is 23.0 Å². The topological polar surface area (TPSA) is 42.7 Å². The highest BCUT2D eigenvalue weighted by Crippen LogP contribution is 2.25. The van der Waals surface area contributed by atoms with Crippen LogP contribution in [0.4, 0.5) is 0 Å². The average molecular weight is 250 g/mol. The monoisotopic (exact) mass is 250 g/mol. The lowest BCUT2D eigenvalue weighted by Gasteiger charge is -1.98. The molecule has 0 saturated heterocycles. The second-order valence-electron chi connectivity index (χ2n) is 4.12. The molecule has 0 fully saturated rings. The zero-order valence-corrected chi connectivity index (χ0v) is 11.3. The third kappa shape index (κ3) is 2.92. The van der Waals surface area contributed by atoms with Gasteiger partial charge in [-0.2, -0.15) is 5.10 Å². The Balaban J connectivity index is 2.10. The Hall–Kier alpha value is -1.20. The summed E-state index contributed by atoms with van der Waals surface area (Å²) in [7, 11) is 1.94. The molecule has 2 aromatic heterocycles. The Morgan fingerprint density at radius 2 is 2.29 bits per heavy atom. The average Bonchev–Trinajstić information content (AvgIpc) is 2.86. The molecule has 5 heteroatoms. The molecule has 0 aliphatic carbocycles. The largest absolute Gasteiger partial charge is 0.311 e. The SMILES string of the molecule is CCCNCc1csc(-c2cn(C)nc2C)n1. The summed E-state index contributed by atoms with van der Waals surface area (Å²) in [5.74, 6) is 0. The minimum atomic E-state index is 0.851. The number of nitrogens with one attached hydrogen (secondary N) is 1. The zero-order valence-electron chi connectivity index (χ0n) is 10.5. The first-order chi connectivity index (χ1) is 8.20. The fourth-order valence-corrected chi connectivity index (χ4v) is 2.60. The van der Waals surface area contributed by atoms with Gasteiger partial charge < -0.3 is 5.32 Å². The highest BCUT2D eigenvalue weighted by Gasteiger charge is 2.10. The van der Waals surface area contributed by atoms with Crippen LogP contribution in [0.15, 0.2) is 11.6 Å². The third-order valence-corrected chi connectivity index (χ3v) is 3.45. The van der Waals surface area contributed by atoms with Crippen LogP contribution in [-0.4, -0.2) is 21.3 Å². The molecule has 0 unspecified atom stereocenters. The first-order valence-electron chi connectivity index (χ1n) is 5.86. The molecular weight excluding hydrogens is 232 g/mol. The molecule has 4 nitrogen and oxygen atoms in total. The summed E-state index contributed by atoms with van der Waals surface area (Å²) in [5.41, 5.74) is 3.29. The molecule has 0 aromatic carbocycles. The highest BCUT2D eigenvalue weighted by atomic mass is 32.1. The van der Waals surface area contributed by atoms with E-state index in [0.717, 1.165) is 41.5 Å². The molecule has 0 bridgehead atoms. The fourth-order valence-electron chi connectivity index (χ4n) is 1.71. The first kappa shape index (κ1) is 12.3. The molecule has 92 valence electrons. The van der Waals surface area contributed by atoms with Crippen molar-refractivity contribution in [2.24, 2.45) is 7.05 Å². The summed E-state index contributed by atoms with van der Waals surface area (Å²) < 4.78 is 1.83. The van der Waals surface area contributed by atoms with Gasteiger partial charge >= 0.3 is 0 Å². The number of aromatic nitrogens is 3. The molecule has 17 heavy (non-hydrogen) atoms. The molecule has 0 spiro atoms. The second-order valence-corrected chi connectivity index (χ2v) is 4.98. The van der Waals surface area contributed by atoms with Crippen LogP contribution in [-0.2, 0) is 13.6 Å². The highest BCUT2D eigenvalue weighted by molar-refractivity contribution is 7.13. The van der Waals surface area contributed by atoms with Gasteiger partial charge in [-0.25, -0.2) is 4.98 Å². The van der Waals surface area contributed by atoms with Crippen LogP contribution in [0.2, 0.25) is 0 Å². The number of thiazole rings is 1. The van der Waals surface area contributed by atoms with Crippen molar-refractivity contribution < 1.29 is 0 Å². The maximum absolute atomic E-state index is 4.63. The van der Waals surface area contributed by atoms with E-state index in [1.54, 1.807) is 11.3 Å². The van der Waals surface area contributed by atoms with Gasteiger partial charge in [-0.05, 0) is 19.9 Å². The van der Waals surface area contributed by atoms with Crippen LogP contribution in [0.5, 0.6) is 0 Å². The number of aryl methyl sites for hydroxylation is 2. The van der Waals surface area contributed by atoms with Crippen LogP contribution in [0, 0.1) is 6.92 Å². The van der Waals surface area contributed by atoms with E-state index in [2.05, 4.69) is 27.7 Å². The predicted molar refractivity (Wildman–Crippen MR) is 71.1 cm³/mol. The lowest BCUT2D eigenvalue weighted by molar-refractivity contribution is 0.667. The molecule has 0 amide bonds. The summed E-state index contributed by atoms with van der Waals surface area (Å²) >= 11 is 1.68. The Morgan fingerprint density at radius 1 is 1.47 bits per heavy atom. The van der Waals surface area contributed by atoms with Crippen LogP contribution in [0.25, 0.3) is 10.6 Å². The van der Waals surface area contributed by atoms with Gasteiger partial charge in [0.25, 0.3) is 0 Å². The molecule has 0 aliphatic heterocycles. The summed E-state index contributed by atoms with van der Waals surface area (Å²) in [6.45, 7) is 6.08. The van der Waals surface area contributed by atoms with E-state index in [4.69, 9.17) is 0 Å². The van der Waals surface area contributed by atoms with Gasteiger partial charge in [-0.3, -0.25) is 4.68 Å². The van der Waals surface area contributed by atoms with Crippen molar-refractivity contribution in [2.75, 3.05) is 6.54 Å². The van der Waals surface area contributed by atoms with Crippen molar-refractivity contribution in [3.63, 3.8) is 0 Å². The van der Waals surface area contributed by atoms with Crippen molar-refractivity contribution in [3.8, 4) is 10.6 Å². The van der Waals surface area contributed by atoms with Gasteiger partial charge in [0.05, 0.1) is 17.0 Å². The lowest BCUT2D eigenvalue weighted by atomic mass is 10.3. The molecule has 2 aromatic rings. The van der Waals surface area contributed by atoms with Crippen molar-refractivity contribution in [1.82, 2.24) is 20.1 Å². The number of nitrogens with zero attached hydrogens (tertiary/aromatic N) is 3. The van der Waals surface area contributed by atoms with Gasteiger partial charge in [0, 0.05) is 25.2 Å². The van der Waals surface area contributed by atoms with Crippen molar-refractivity contribution in [2.45, 2.75) is 26.8 Å². The summed E-state index contributed by atoms with van der Waals surface area (Å²) in [4.78, 5) is 4.63. The Labute approximate surface area is 106 Å². The zero-order chi connectivity index (χ0) is 12.3. The van der Waals surface area contributed by atoms with Crippen LogP contribution >= 0.6 is 11.3 Å². The summed E-state index contributed by atoms with van der Waals surface area (Å²) in [6.07, 6.45) is 3.18. The van der Waals surface area contributed by atoms with E-state index >= 15 is 0 Å². The molecule has 0 radical (unpaired) electrons. The quantitative estimate of drug-likeness (QED) is 0.828. The Kier molecular flexibility index (Phi) is 3.91. The minimum absolute atomic E-state index is 0.851. The normalized spacial score (nSPS) is 11.0. The standard InChI is InChI=1S/C12H18N4S/c1-4-5-13-6-10-8-17-12(14-10)11-7-16(3)15-9(11)2/h7-8,13H,4-6H2,1-3H3. The van der Waals surface area contributed by atoms with Gasteiger partial charge in [-0.15, -0.1) is 11.3 Å². The van der Waals surface area contributed by atoms with Crippen LogP contribution in [0.1, 0.15) is 24.7 Å². The summed E-state index contributed by atoms with van der Waals surface area (Å²) in [6, 6.07) is 0. The molecule has 1 N–H and O–H groups in total. The van der Waals surface area contributed by atoms with Crippen LogP contribution < -0.4 is 5.32 Å². The van der Waals surface area contributed by atoms with Crippen LogP contribution in [0.3, 0.4) is 0 Å². The third-order valence-electron chi connectivity index (χ3n) is 2.53. The Bertz CT molecular complexity index is 486. The first-order valence-corrected chi connectivity index (χ1v) is 6.74. The summed E-state index contributed by atoms with van der Waals surface area (Å²) in [5, 5.41) is 10.9. The van der Waals surface area contributed by atoms with E-state index in [9.17, 15) is 0 Å². The minimum Gasteiger partial charge on any atom is -0.311 e. The van der Waals surface area contributed by atoms with Gasteiger partial charge in [-0.1, -0.05) is 6.92 Å². The van der Waals surface area contributed by atoms with Gasteiger partial charge in [0.2, 0.25) is 0 Å². The van der Waals surface area contributed by atoms with E-state index in [1.807, 2.05) is 24.9 Å². The van der Waals surface area contributed by atoms with E-state index in [1.165, 1.54) is 0 Å². The smallest absolute Gasteiger partial charge is 0.127 e. The maximum Gasteiger partial charge on any atom is 0.127 e. The molecule has 0 saturated carbocycles. The van der Waals surface area contributed by atoms with E-state index in [0.29, 0.717) is 0 Å². The van der Waals surface area contributed by atoms with Gasteiger partial charge in [0.15, 0.2) is 0 Å². The second kappa shape index (κ2) is 5.42. The van der Waals surface area contributed by atoms with E-state index in [-0.39, 0.29) is 0 Å². The Morgan fingerprint density at radius 3 is 2.94 bits per heavy atom. The van der Waals surface area contributed by atoms with Gasteiger partial charge in [0.1, 0.15) is 5.01 Å². The number of hydrogen-bond donors (Lipinski definition) is 1. The van der Waals surface area contributed by atoms with Crippen molar-refractivity contribution in [1.29, 1.82) is 0 Å². The van der Waals surface area contributed by atoms with Crippen molar-refractivity contribution >= 4 is 11.3 Å². The molecule has 0 aliphatic rings. The van der Waals surface area contributed by atoms with E-state index < -0.39 is 0 Å². The molecule has 0 atom stereocenters. The lowest BCUT2D eigenvalue weighted by Crippen LogP contribution is -2.13. The molecule has 2 heterocycles. The molecule has 2 rings (SSSR count). The predicted octanol–water partition coefficient (Wildman–Crippen LogP) is 2.35. The molecular formula is C12H18N4S. The fraction of sp³-hybridized carbons (Fsp3) is 0.500.